The van der Waals surface area contributed by atoms with Crippen molar-refractivity contribution in [1.82, 2.24) is 0 Å². The number of ether oxygens (including phenoxy) is 6. The molecule has 0 aliphatic rings. The first-order chi connectivity index (χ1) is 25.6. The SMILES string of the molecule is CCC(CC)(OOC(O)(O)OC(CC)(CC)OC(=O)c1ccc(O)cc1)OC(O)(O)OC(CC)(CC)OOC(O)(O)OC(CC)(CC)Oc1ccc(O)cc1. The van der Waals surface area contributed by atoms with Gasteiger partial charge < -0.3 is 50.3 Å². The van der Waals surface area contributed by atoms with Crippen LogP contribution in [0.2, 0.25) is 0 Å². The number of aromatic hydroxyl groups is 2. The first-order valence-electron chi connectivity index (χ1n) is 18.0. The van der Waals surface area contributed by atoms with Gasteiger partial charge in [-0.15, -0.1) is 9.78 Å². The van der Waals surface area contributed by atoms with Gasteiger partial charge in [-0.3, -0.25) is 18.9 Å². The van der Waals surface area contributed by atoms with Gasteiger partial charge in [0.05, 0.1) is 5.56 Å². The lowest BCUT2D eigenvalue weighted by Crippen LogP contribution is -2.56. The first kappa shape index (κ1) is 47.9. The molecule has 2 rings (SSSR count). The number of esters is 1. The van der Waals surface area contributed by atoms with Crippen molar-refractivity contribution in [1.29, 1.82) is 0 Å². The Bertz CT molecular complexity index is 1430. The monoisotopic (exact) mass is 792 g/mol. The minimum Gasteiger partial charge on any atom is -0.508 e. The van der Waals surface area contributed by atoms with Crippen molar-refractivity contribution in [3.05, 3.63) is 54.1 Å². The van der Waals surface area contributed by atoms with Crippen molar-refractivity contribution in [2.75, 3.05) is 0 Å². The lowest BCUT2D eigenvalue weighted by Gasteiger charge is -2.41. The second kappa shape index (κ2) is 19.7. The first-order valence-corrected chi connectivity index (χ1v) is 18.0. The Labute approximate surface area is 319 Å². The highest BCUT2D eigenvalue weighted by Gasteiger charge is 2.51. The quantitative estimate of drug-likeness (QED) is 0.0288. The van der Waals surface area contributed by atoms with Crippen molar-refractivity contribution in [2.45, 2.75) is 148 Å². The molecule has 2 aromatic rings. The summed E-state index contributed by atoms with van der Waals surface area (Å²) in [5.74, 6) is -8.89. The maximum atomic E-state index is 12.8. The van der Waals surface area contributed by atoms with Gasteiger partial charge in [-0.1, -0.05) is 55.4 Å². The average Bonchev–Trinajstić information content (AvgIpc) is 3.15. The molecule has 314 valence electrons. The zero-order chi connectivity index (χ0) is 41.8. The lowest BCUT2D eigenvalue weighted by molar-refractivity contribution is -0.665. The minimum atomic E-state index is -3.62. The number of carbonyl (C=O) groups excluding carboxylic acids is 1. The highest BCUT2D eigenvalue weighted by Crippen LogP contribution is 2.37. The van der Waals surface area contributed by atoms with Gasteiger partial charge >= 0.3 is 24.4 Å². The van der Waals surface area contributed by atoms with E-state index in [0.717, 1.165) is 0 Å². The van der Waals surface area contributed by atoms with Gasteiger partial charge in [0.15, 0.2) is 0 Å². The molecule has 19 heteroatoms. The number of phenolic OH excluding ortho intramolecular Hbond substituents is 2. The van der Waals surface area contributed by atoms with E-state index in [4.69, 9.17) is 48.0 Å². The van der Waals surface area contributed by atoms with Gasteiger partial charge in [0.1, 0.15) is 17.2 Å². The highest BCUT2D eigenvalue weighted by atomic mass is 17.3. The molecule has 0 fully saturated rings. The third-order valence-electron chi connectivity index (χ3n) is 8.71. The summed E-state index contributed by atoms with van der Waals surface area (Å²) < 4.78 is 32.6. The lowest BCUT2D eigenvalue weighted by atomic mass is 10.1. The fourth-order valence-electron chi connectivity index (χ4n) is 5.02. The Morgan fingerprint density at radius 2 is 0.782 bits per heavy atom. The van der Waals surface area contributed by atoms with Crippen LogP contribution in [-0.2, 0) is 43.2 Å². The summed E-state index contributed by atoms with van der Waals surface area (Å²) >= 11 is 0. The van der Waals surface area contributed by atoms with Crippen LogP contribution in [0.5, 0.6) is 17.2 Å². The molecule has 0 heterocycles. The van der Waals surface area contributed by atoms with Crippen LogP contribution >= 0.6 is 0 Å². The zero-order valence-corrected chi connectivity index (χ0v) is 32.3. The Hall–Kier alpha value is -3.25. The largest absolute Gasteiger partial charge is 0.508 e. The van der Waals surface area contributed by atoms with E-state index in [1.807, 2.05) is 0 Å². The van der Waals surface area contributed by atoms with E-state index in [1.54, 1.807) is 13.8 Å². The molecule has 0 aliphatic carbocycles. The molecule has 0 aromatic heterocycles. The number of phenols is 2. The molecule has 0 amide bonds. The molecule has 0 atom stereocenters. The fraction of sp³-hybridized carbons (Fsp3) is 0.639. The second-order valence-electron chi connectivity index (χ2n) is 12.4. The number of aliphatic hydroxyl groups is 6. The molecule has 19 nitrogen and oxygen atoms in total. The number of carbonyl (C=O) groups is 1. The Kier molecular flexibility index (Phi) is 17.2. The Morgan fingerprint density at radius 1 is 0.455 bits per heavy atom. The maximum absolute atomic E-state index is 12.8. The smallest absolute Gasteiger partial charge is 0.437 e. The van der Waals surface area contributed by atoms with Crippen molar-refractivity contribution in [2.24, 2.45) is 0 Å². The van der Waals surface area contributed by atoms with Crippen molar-refractivity contribution in [3.8, 4) is 17.2 Å². The summed E-state index contributed by atoms with van der Waals surface area (Å²) in [7, 11) is 0. The summed E-state index contributed by atoms with van der Waals surface area (Å²) in [6.07, 6.45) is -11.8. The molecule has 2 aromatic carbocycles. The van der Waals surface area contributed by atoms with Gasteiger partial charge in [-0.2, -0.15) is 9.78 Å². The maximum Gasteiger partial charge on any atom is 0.437 e. The summed E-state index contributed by atoms with van der Waals surface area (Å²) in [6.45, 7) is 12.2. The van der Waals surface area contributed by atoms with Gasteiger partial charge in [-0.05, 0) is 48.5 Å². The normalized spacial score (nSPS) is 13.6. The molecule has 0 aliphatic heterocycles. The van der Waals surface area contributed by atoms with Crippen LogP contribution in [0.25, 0.3) is 0 Å². The van der Waals surface area contributed by atoms with E-state index < -0.39 is 47.6 Å². The van der Waals surface area contributed by atoms with Crippen molar-refractivity contribution in [3.63, 3.8) is 0 Å². The van der Waals surface area contributed by atoms with Gasteiger partial charge in [0, 0.05) is 51.4 Å². The standard InChI is InChI=1S/C36H56O19/c1-9-30(10-2,46-28-23-21-27(38)22-24-28)48-35(42,43)54-52-32(13-5,14-6)50-34(40,41)51-33(15-7,16-8)53-55-36(44,45)49-31(11-3,12-4)47-29(39)25-17-19-26(37)20-18-25/h17-24,37-38,40-45H,9-16H2,1-8H3. The molecule has 0 saturated heterocycles. The molecule has 55 heavy (non-hydrogen) atoms. The van der Waals surface area contributed by atoms with Crippen LogP contribution in [0.4, 0.5) is 0 Å². The fourth-order valence-corrected chi connectivity index (χ4v) is 5.02. The second-order valence-corrected chi connectivity index (χ2v) is 12.4. The molecule has 0 radical (unpaired) electrons. The topological polar surface area (TPSA) is 271 Å². The molecule has 8 N–H and O–H groups in total. The van der Waals surface area contributed by atoms with E-state index in [-0.39, 0.29) is 74.2 Å². The van der Waals surface area contributed by atoms with Gasteiger partial charge in [0.25, 0.3) is 0 Å². The van der Waals surface area contributed by atoms with Gasteiger partial charge in [-0.25, -0.2) is 4.79 Å². The molecular formula is C36H56O19. The van der Waals surface area contributed by atoms with Crippen LogP contribution in [-0.4, -0.2) is 88.4 Å². The van der Waals surface area contributed by atoms with Crippen LogP contribution in [0.3, 0.4) is 0 Å². The number of hydrogen-bond donors (Lipinski definition) is 8. The minimum absolute atomic E-state index is 0.0217. The molecule has 0 spiro atoms. The number of benzene rings is 2. The zero-order valence-electron chi connectivity index (χ0n) is 32.3. The van der Waals surface area contributed by atoms with Crippen LogP contribution in [0, 0.1) is 0 Å². The predicted molar refractivity (Wildman–Crippen MR) is 186 cm³/mol. The van der Waals surface area contributed by atoms with Crippen molar-refractivity contribution >= 4 is 5.97 Å². The molecular weight excluding hydrogens is 736 g/mol. The third-order valence-corrected chi connectivity index (χ3v) is 8.71. The summed E-state index contributed by atoms with van der Waals surface area (Å²) in [6, 6.07) is 10.6. The molecule has 0 saturated carbocycles. The summed E-state index contributed by atoms with van der Waals surface area (Å²) in [4.78, 5) is 32.8. The number of rotatable bonds is 26. The Morgan fingerprint density at radius 3 is 1.15 bits per heavy atom. The summed E-state index contributed by atoms with van der Waals surface area (Å²) in [5, 5.41) is 83.5. The van der Waals surface area contributed by atoms with E-state index in [2.05, 4.69) is 0 Å². The van der Waals surface area contributed by atoms with Gasteiger partial charge in [0.2, 0.25) is 23.1 Å². The van der Waals surface area contributed by atoms with E-state index in [1.165, 1.54) is 90.1 Å². The number of hydrogen-bond acceptors (Lipinski definition) is 19. The van der Waals surface area contributed by atoms with Crippen LogP contribution in [0.15, 0.2) is 48.5 Å². The molecule has 0 unspecified atom stereocenters. The summed E-state index contributed by atoms with van der Waals surface area (Å²) in [5.41, 5.74) is 0.0217. The van der Waals surface area contributed by atoms with E-state index in [9.17, 15) is 45.6 Å². The predicted octanol–water partition coefficient (Wildman–Crippen LogP) is 4.15. The molecule has 0 bridgehead atoms. The van der Waals surface area contributed by atoms with E-state index in [0.29, 0.717) is 0 Å². The average molecular weight is 793 g/mol. The van der Waals surface area contributed by atoms with Crippen LogP contribution in [0.1, 0.15) is 117 Å². The third kappa shape index (κ3) is 14.0. The highest BCUT2D eigenvalue weighted by molar-refractivity contribution is 5.89. The van der Waals surface area contributed by atoms with Crippen molar-refractivity contribution < 1.29 is 93.6 Å². The van der Waals surface area contributed by atoms with Crippen LogP contribution < -0.4 is 4.74 Å². The Balaban J connectivity index is 2.19. The van der Waals surface area contributed by atoms with E-state index >= 15 is 0 Å².